The molecule has 0 aromatic carbocycles. The molecule has 1 heterocycles. The summed E-state index contributed by atoms with van der Waals surface area (Å²) in [6, 6.07) is 0. The Hall–Kier alpha value is -0.0900. The maximum absolute atomic E-state index is 11.5. The lowest BCUT2D eigenvalue weighted by Crippen LogP contribution is -2.39. The van der Waals surface area contributed by atoms with Crippen molar-refractivity contribution in [2.24, 2.45) is 5.92 Å². The first-order valence-electron chi connectivity index (χ1n) is 5.39. The zero-order valence-corrected chi connectivity index (χ0v) is 10.9. The fourth-order valence-corrected chi connectivity index (χ4v) is 2.72. The summed E-state index contributed by atoms with van der Waals surface area (Å²) in [7, 11) is 1.60. The predicted molar refractivity (Wildman–Crippen MR) is 70.2 cm³/mol. The summed E-state index contributed by atoms with van der Waals surface area (Å²) in [4.78, 5) is 13.4. The number of rotatable bonds is 4. The van der Waals surface area contributed by atoms with Crippen molar-refractivity contribution in [1.82, 2.24) is 4.90 Å². The molecule has 4 heteroatoms. The van der Waals surface area contributed by atoms with E-state index in [0.29, 0.717) is 11.2 Å². The number of amides is 1. The van der Waals surface area contributed by atoms with Crippen molar-refractivity contribution < 1.29 is 4.79 Å². The number of carbonyl (C=O) groups is 1. The van der Waals surface area contributed by atoms with Crippen LogP contribution < -0.4 is 0 Å². The zero-order valence-electron chi connectivity index (χ0n) is 9.19. The first-order valence-corrected chi connectivity index (χ1v) is 7.32. The highest BCUT2D eigenvalue weighted by molar-refractivity contribution is 8.68. The molecule has 0 N–H and O–H groups in total. The van der Waals surface area contributed by atoms with Gasteiger partial charge in [0, 0.05) is 18.3 Å². The molecule has 0 aromatic heterocycles. The van der Waals surface area contributed by atoms with Crippen LogP contribution >= 0.6 is 22.5 Å². The van der Waals surface area contributed by atoms with Crippen LogP contribution in [0.2, 0.25) is 0 Å². The average molecular weight is 245 g/mol. The van der Waals surface area contributed by atoms with Crippen molar-refractivity contribution >= 4 is 28.4 Å². The molecule has 0 saturated carbocycles. The molecule has 2 unspecified atom stereocenters. The minimum atomic E-state index is 0.0749. The van der Waals surface area contributed by atoms with E-state index in [1.54, 1.807) is 10.8 Å². The highest BCUT2D eigenvalue weighted by atomic mass is 33.1. The molecule has 0 spiro atoms. The molecular formula is C11H19NOS2. The Kier molecular flexibility index (Phi) is 5.61. The van der Waals surface area contributed by atoms with Crippen LogP contribution in [0, 0.1) is 5.92 Å². The standard InChI is InChI=1S/C11H19NOS2/c1-3-11(13)12-6-4-5-10(8-12)7-9(2)15-14/h3,9-10,14H,1,4-8H2,2H3. The zero-order chi connectivity index (χ0) is 11.3. The first kappa shape index (κ1) is 13.0. The first-order chi connectivity index (χ1) is 7.17. The molecule has 0 aliphatic carbocycles. The van der Waals surface area contributed by atoms with Crippen molar-refractivity contribution in [3.8, 4) is 0 Å². The SMILES string of the molecule is C=CC(=O)N1CCCC(CC(C)SS)C1. The highest BCUT2D eigenvalue weighted by Gasteiger charge is 2.23. The lowest BCUT2D eigenvalue weighted by Gasteiger charge is -2.33. The molecule has 1 fully saturated rings. The predicted octanol–water partition coefficient (Wildman–Crippen LogP) is 2.77. The van der Waals surface area contributed by atoms with Gasteiger partial charge >= 0.3 is 0 Å². The van der Waals surface area contributed by atoms with Crippen LogP contribution in [-0.4, -0.2) is 29.1 Å². The van der Waals surface area contributed by atoms with Crippen LogP contribution in [-0.2, 0) is 4.79 Å². The second-order valence-corrected chi connectivity index (χ2v) is 5.80. The van der Waals surface area contributed by atoms with Gasteiger partial charge in [-0.1, -0.05) is 24.3 Å². The van der Waals surface area contributed by atoms with Crippen molar-refractivity contribution in [1.29, 1.82) is 0 Å². The van der Waals surface area contributed by atoms with Crippen molar-refractivity contribution in [3.05, 3.63) is 12.7 Å². The molecule has 0 aromatic rings. The smallest absolute Gasteiger partial charge is 0.245 e. The molecule has 1 aliphatic rings. The van der Waals surface area contributed by atoms with Crippen LogP contribution in [0.15, 0.2) is 12.7 Å². The molecule has 2 atom stereocenters. The number of likely N-dealkylation sites (tertiary alicyclic amines) is 1. The second-order valence-electron chi connectivity index (χ2n) is 4.15. The number of piperidine rings is 1. The van der Waals surface area contributed by atoms with Crippen molar-refractivity contribution in [3.63, 3.8) is 0 Å². The van der Waals surface area contributed by atoms with Crippen LogP contribution in [0.3, 0.4) is 0 Å². The summed E-state index contributed by atoms with van der Waals surface area (Å²) in [6.07, 6.45) is 4.92. The molecule has 1 amide bonds. The molecule has 0 bridgehead atoms. The molecule has 1 saturated heterocycles. The van der Waals surface area contributed by atoms with Crippen LogP contribution in [0.5, 0.6) is 0 Å². The van der Waals surface area contributed by atoms with Gasteiger partial charge in [0.2, 0.25) is 5.91 Å². The minimum absolute atomic E-state index is 0.0749. The van der Waals surface area contributed by atoms with Gasteiger partial charge in [0.15, 0.2) is 0 Å². The van der Waals surface area contributed by atoms with Gasteiger partial charge in [0.05, 0.1) is 0 Å². The second kappa shape index (κ2) is 6.48. The summed E-state index contributed by atoms with van der Waals surface area (Å²) >= 11 is 4.22. The minimum Gasteiger partial charge on any atom is -0.339 e. The Morgan fingerprint density at radius 3 is 3.13 bits per heavy atom. The number of hydrogen-bond acceptors (Lipinski definition) is 3. The molecule has 0 radical (unpaired) electrons. The summed E-state index contributed by atoms with van der Waals surface area (Å²) in [6.45, 7) is 7.50. The summed E-state index contributed by atoms with van der Waals surface area (Å²) in [5.74, 6) is 0.711. The normalized spacial score (nSPS) is 23.6. The van der Waals surface area contributed by atoms with E-state index in [2.05, 4.69) is 25.2 Å². The van der Waals surface area contributed by atoms with Crippen molar-refractivity contribution in [2.75, 3.05) is 13.1 Å². The van der Waals surface area contributed by atoms with Gasteiger partial charge in [0.25, 0.3) is 0 Å². The number of thiol groups is 1. The lowest BCUT2D eigenvalue weighted by atomic mass is 9.93. The maximum Gasteiger partial charge on any atom is 0.245 e. The highest BCUT2D eigenvalue weighted by Crippen LogP contribution is 2.27. The number of hydrogen-bond donors (Lipinski definition) is 1. The quantitative estimate of drug-likeness (QED) is 0.467. The van der Waals surface area contributed by atoms with Crippen molar-refractivity contribution in [2.45, 2.75) is 31.4 Å². The molecule has 2 nitrogen and oxygen atoms in total. The third kappa shape index (κ3) is 4.11. The van der Waals surface area contributed by atoms with Crippen LogP contribution in [0.4, 0.5) is 0 Å². The van der Waals surface area contributed by atoms with Gasteiger partial charge in [0.1, 0.15) is 0 Å². The summed E-state index contributed by atoms with van der Waals surface area (Å²) in [5, 5.41) is 0.567. The van der Waals surface area contributed by atoms with E-state index in [0.717, 1.165) is 25.9 Å². The Balaban J connectivity index is 2.41. The molecule has 86 valence electrons. The fourth-order valence-electron chi connectivity index (χ4n) is 2.10. The Morgan fingerprint density at radius 2 is 2.53 bits per heavy atom. The fraction of sp³-hybridized carbons (Fsp3) is 0.727. The summed E-state index contributed by atoms with van der Waals surface area (Å²) < 4.78 is 0. The van der Waals surface area contributed by atoms with Gasteiger partial charge in [-0.2, -0.15) is 0 Å². The lowest BCUT2D eigenvalue weighted by molar-refractivity contribution is -0.127. The van der Waals surface area contributed by atoms with E-state index in [1.807, 2.05) is 4.90 Å². The number of carbonyl (C=O) groups excluding carboxylic acids is 1. The third-order valence-electron chi connectivity index (χ3n) is 2.85. The molecular weight excluding hydrogens is 226 g/mol. The van der Waals surface area contributed by atoms with E-state index >= 15 is 0 Å². The molecule has 1 rings (SSSR count). The van der Waals surface area contributed by atoms with E-state index in [-0.39, 0.29) is 5.91 Å². The monoisotopic (exact) mass is 245 g/mol. The maximum atomic E-state index is 11.5. The van der Waals surface area contributed by atoms with Gasteiger partial charge in [-0.3, -0.25) is 4.79 Å². The third-order valence-corrected chi connectivity index (χ3v) is 4.48. The van der Waals surface area contributed by atoms with Crippen LogP contribution in [0.1, 0.15) is 26.2 Å². The van der Waals surface area contributed by atoms with Crippen LogP contribution in [0.25, 0.3) is 0 Å². The van der Waals surface area contributed by atoms with Gasteiger partial charge in [-0.25, -0.2) is 0 Å². The largest absolute Gasteiger partial charge is 0.339 e. The van der Waals surface area contributed by atoms with E-state index in [1.165, 1.54) is 12.5 Å². The molecule has 15 heavy (non-hydrogen) atoms. The number of nitrogens with zero attached hydrogens (tertiary/aromatic N) is 1. The molecule has 1 aliphatic heterocycles. The van der Waals surface area contributed by atoms with E-state index in [4.69, 9.17) is 0 Å². The van der Waals surface area contributed by atoms with Gasteiger partial charge in [-0.05, 0) is 31.3 Å². The van der Waals surface area contributed by atoms with E-state index in [9.17, 15) is 4.79 Å². The Labute approximate surface area is 101 Å². The average Bonchev–Trinajstić information content (AvgIpc) is 2.28. The van der Waals surface area contributed by atoms with Gasteiger partial charge < -0.3 is 4.90 Å². The Morgan fingerprint density at radius 1 is 1.80 bits per heavy atom. The van der Waals surface area contributed by atoms with E-state index < -0.39 is 0 Å². The summed E-state index contributed by atoms with van der Waals surface area (Å²) in [5.41, 5.74) is 0. The Bertz CT molecular complexity index is 233. The van der Waals surface area contributed by atoms with Gasteiger partial charge in [-0.15, -0.1) is 11.7 Å². The topological polar surface area (TPSA) is 20.3 Å².